The van der Waals surface area contributed by atoms with Gasteiger partial charge in [0.2, 0.25) is 5.91 Å². The predicted octanol–water partition coefficient (Wildman–Crippen LogP) is 2.44. The van der Waals surface area contributed by atoms with E-state index in [0.717, 1.165) is 11.1 Å². The van der Waals surface area contributed by atoms with Gasteiger partial charge in [0.1, 0.15) is 18.0 Å². The zero-order valence-electron chi connectivity index (χ0n) is 18.6. The Morgan fingerprint density at radius 3 is 2.62 bits per heavy atom. The average molecular weight is 440 g/mol. The van der Waals surface area contributed by atoms with Gasteiger partial charge in [0, 0.05) is 25.8 Å². The standard InChI is InChI=1S/C24H28N2O6/c1-16-6-4-7-17(2)24(16)32-14-20(27)18-8-9-21-19(12-18)26(23(29)15-31-21)13-22(28)25-10-5-11-30-3/h4,6-9,12H,5,10-11,13-15H2,1-3H3,(H,25,28). The van der Waals surface area contributed by atoms with E-state index in [0.29, 0.717) is 42.3 Å². The molecule has 1 aliphatic rings. The highest BCUT2D eigenvalue weighted by atomic mass is 16.5. The maximum atomic E-state index is 12.8. The number of carbonyl (C=O) groups is 3. The molecule has 0 saturated heterocycles. The fourth-order valence-electron chi connectivity index (χ4n) is 3.44. The Labute approximate surface area is 187 Å². The summed E-state index contributed by atoms with van der Waals surface area (Å²) in [7, 11) is 1.59. The molecule has 3 rings (SSSR count). The second-order valence-electron chi connectivity index (χ2n) is 7.58. The van der Waals surface area contributed by atoms with Crippen molar-refractivity contribution < 1.29 is 28.6 Å². The van der Waals surface area contributed by atoms with Crippen LogP contribution in [0.1, 0.15) is 27.9 Å². The second-order valence-corrected chi connectivity index (χ2v) is 7.58. The van der Waals surface area contributed by atoms with E-state index < -0.39 is 0 Å². The van der Waals surface area contributed by atoms with Gasteiger partial charge in [-0.25, -0.2) is 0 Å². The zero-order chi connectivity index (χ0) is 23.1. The van der Waals surface area contributed by atoms with E-state index in [1.807, 2.05) is 32.0 Å². The predicted molar refractivity (Wildman–Crippen MR) is 120 cm³/mol. The molecule has 2 aromatic rings. The van der Waals surface area contributed by atoms with Crippen LogP contribution >= 0.6 is 0 Å². The number of Topliss-reactive ketones (excluding diaryl/α,β-unsaturated/α-hetero) is 1. The molecule has 0 unspecified atom stereocenters. The smallest absolute Gasteiger partial charge is 0.265 e. The number of aryl methyl sites for hydroxylation is 2. The summed E-state index contributed by atoms with van der Waals surface area (Å²) in [5.74, 6) is 0.254. The molecule has 8 heteroatoms. The first-order chi connectivity index (χ1) is 15.4. The van der Waals surface area contributed by atoms with Gasteiger partial charge in [-0.1, -0.05) is 18.2 Å². The quantitative estimate of drug-likeness (QED) is 0.451. The maximum absolute atomic E-state index is 12.8. The number of anilines is 1. The van der Waals surface area contributed by atoms with Crippen molar-refractivity contribution in [2.45, 2.75) is 20.3 Å². The minimum Gasteiger partial charge on any atom is -0.485 e. The van der Waals surface area contributed by atoms with Crippen molar-refractivity contribution >= 4 is 23.3 Å². The normalized spacial score (nSPS) is 12.7. The van der Waals surface area contributed by atoms with E-state index in [9.17, 15) is 14.4 Å². The molecular formula is C24H28N2O6. The number of nitrogens with one attached hydrogen (secondary N) is 1. The third-order valence-corrected chi connectivity index (χ3v) is 5.13. The van der Waals surface area contributed by atoms with Gasteiger partial charge < -0.3 is 19.5 Å². The zero-order valence-corrected chi connectivity index (χ0v) is 18.6. The third-order valence-electron chi connectivity index (χ3n) is 5.13. The summed E-state index contributed by atoms with van der Waals surface area (Å²) in [6.07, 6.45) is 0.675. The van der Waals surface area contributed by atoms with E-state index in [-0.39, 0.29) is 37.4 Å². The molecule has 1 aliphatic heterocycles. The van der Waals surface area contributed by atoms with E-state index in [2.05, 4.69) is 5.32 Å². The van der Waals surface area contributed by atoms with Crippen molar-refractivity contribution in [3.05, 3.63) is 53.1 Å². The number of hydrogen-bond donors (Lipinski definition) is 1. The van der Waals surface area contributed by atoms with Crippen LogP contribution in [0.5, 0.6) is 11.5 Å². The first-order valence-electron chi connectivity index (χ1n) is 10.5. The van der Waals surface area contributed by atoms with E-state index in [1.54, 1.807) is 25.3 Å². The lowest BCUT2D eigenvalue weighted by Crippen LogP contribution is -2.45. The number of amides is 2. The van der Waals surface area contributed by atoms with Crippen molar-refractivity contribution in [2.75, 3.05) is 44.9 Å². The molecule has 1 heterocycles. The number of ether oxygens (including phenoxy) is 3. The summed E-state index contributed by atoms with van der Waals surface area (Å²) < 4.78 is 16.2. The molecule has 2 amide bonds. The molecule has 0 aromatic heterocycles. The van der Waals surface area contributed by atoms with Crippen molar-refractivity contribution in [3.8, 4) is 11.5 Å². The highest BCUT2D eigenvalue weighted by Crippen LogP contribution is 2.33. The van der Waals surface area contributed by atoms with Gasteiger partial charge in [-0.15, -0.1) is 0 Å². The Morgan fingerprint density at radius 2 is 1.91 bits per heavy atom. The van der Waals surface area contributed by atoms with Crippen LogP contribution in [0.4, 0.5) is 5.69 Å². The van der Waals surface area contributed by atoms with Crippen LogP contribution in [0.25, 0.3) is 0 Å². The molecule has 0 atom stereocenters. The monoisotopic (exact) mass is 440 g/mol. The van der Waals surface area contributed by atoms with Crippen molar-refractivity contribution in [1.82, 2.24) is 5.32 Å². The second kappa shape index (κ2) is 10.8. The Balaban J connectivity index is 1.71. The number of carbonyl (C=O) groups excluding carboxylic acids is 3. The first-order valence-corrected chi connectivity index (χ1v) is 10.5. The fraction of sp³-hybridized carbons (Fsp3) is 0.375. The van der Waals surface area contributed by atoms with Crippen molar-refractivity contribution in [1.29, 1.82) is 0 Å². The molecule has 0 aliphatic carbocycles. The number of hydrogen-bond acceptors (Lipinski definition) is 6. The number of benzene rings is 2. The summed E-state index contributed by atoms with van der Waals surface area (Å²) >= 11 is 0. The lowest BCUT2D eigenvalue weighted by molar-refractivity contribution is -0.125. The summed E-state index contributed by atoms with van der Waals surface area (Å²) in [5, 5.41) is 2.76. The Kier molecular flexibility index (Phi) is 7.83. The Hall–Kier alpha value is -3.39. The Bertz CT molecular complexity index is 984. The number of methoxy groups -OCH3 is 1. The van der Waals surface area contributed by atoms with Crippen LogP contribution in [0.15, 0.2) is 36.4 Å². The topological polar surface area (TPSA) is 94.2 Å². The molecule has 0 spiro atoms. The number of fused-ring (bicyclic) bond motifs is 1. The lowest BCUT2D eigenvalue weighted by atomic mass is 10.1. The number of rotatable bonds is 10. The van der Waals surface area contributed by atoms with Gasteiger partial charge in [0.25, 0.3) is 5.91 Å². The molecule has 170 valence electrons. The van der Waals surface area contributed by atoms with Gasteiger partial charge in [0.15, 0.2) is 19.0 Å². The third kappa shape index (κ3) is 5.64. The Morgan fingerprint density at radius 1 is 1.16 bits per heavy atom. The van der Waals surface area contributed by atoms with E-state index in [1.165, 1.54) is 4.90 Å². The minimum absolute atomic E-state index is 0.140. The van der Waals surface area contributed by atoms with Gasteiger partial charge in [-0.3, -0.25) is 19.3 Å². The summed E-state index contributed by atoms with van der Waals surface area (Å²) in [6.45, 7) is 4.38. The van der Waals surface area contributed by atoms with Gasteiger partial charge in [0.05, 0.1) is 5.69 Å². The molecule has 2 aromatic carbocycles. The molecule has 1 N–H and O–H groups in total. The fourth-order valence-corrected chi connectivity index (χ4v) is 3.44. The molecule has 0 fully saturated rings. The highest BCUT2D eigenvalue weighted by molar-refractivity contribution is 6.04. The van der Waals surface area contributed by atoms with Crippen LogP contribution < -0.4 is 19.7 Å². The number of ketones is 1. The molecule has 32 heavy (non-hydrogen) atoms. The summed E-state index contributed by atoms with van der Waals surface area (Å²) in [5.41, 5.74) is 2.67. The average Bonchev–Trinajstić information content (AvgIpc) is 2.78. The molecule has 0 saturated carbocycles. The van der Waals surface area contributed by atoms with E-state index in [4.69, 9.17) is 14.2 Å². The number of nitrogens with zero attached hydrogens (tertiary/aromatic N) is 1. The molecule has 8 nitrogen and oxygen atoms in total. The van der Waals surface area contributed by atoms with Crippen molar-refractivity contribution in [3.63, 3.8) is 0 Å². The molecule has 0 bridgehead atoms. The first kappa shape index (κ1) is 23.3. The highest BCUT2D eigenvalue weighted by Gasteiger charge is 2.28. The maximum Gasteiger partial charge on any atom is 0.265 e. The van der Waals surface area contributed by atoms with Crippen LogP contribution in [0.3, 0.4) is 0 Å². The lowest BCUT2D eigenvalue weighted by Gasteiger charge is -2.29. The molecular weight excluding hydrogens is 412 g/mol. The van der Waals surface area contributed by atoms with Crippen LogP contribution in [-0.2, 0) is 14.3 Å². The van der Waals surface area contributed by atoms with Crippen molar-refractivity contribution in [2.24, 2.45) is 0 Å². The van der Waals surface area contributed by atoms with Gasteiger partial charge in [-0.2, -0.15) is 0 Å². The van der Waals surface area contributed by atoms with Gasteiger partial charge in [-0.05, 0) is 49.6 Å². The van der Waals surface area contributed by atoms with Crippen LogP contribution in [-0.4, -0.2) is 57.6 Å². The summed E-state index contributed by atoms with van der Waals surface area (Å²) in [4.78, 5) is 38.8. The molecule has 0 radical (unpaired) electrons. The largest absolute Gasteiger partial charge is 0.485 e. The van der Waals surface area contributed by atoms with Crippen LogP contribution in [0.2, 0.25) is 0 Å². The van der Waals surface area contributed by atoms with E-state index >= 15 is 0 Å². The number of para-hydroxylation sites is 1. The summed E-state index contributed by atoms with van der Waals surface area (Å²) in [6, 6.07) is 10.6. The van der Waals surface area contributed by atoms with Crippen LogP contribution in [0, 0.1) is 13.8 Å². The van der Waals surface area contributed by atoms with Gasteiger partial charge >= 0.3 is 0 Å². The SMILES string of the molecule is COCCCNC(=O)CN1C(=O)COc2ccc(C(=O)COc3c(C)cccc3C)cc21. The minimum atomic E-state index is -0.346.